The number of imide groups is 1. The molecule has 2 amide bonds. The number of likely N-dealkylation sites (tertiary alicyclic amines) is 1. The van der Waals surface area contributed by atoms with Crippen LogP contribution in [-0.4, -0.2) is 43.3 Å². The van der Waals surface area contributed by atoms with Crippen LogP contribution in [0.1, 0.15) is 43.5 Å². The summed E-state index contributed by atoms with van der Waals surface area (Å²) in [4.78, 5) is 27.8. The van der Waals surface area contributed by atoms with E-state index in [0.717, 1.165) is 12.8 Å². The number of hydrogen-bond donors (Lipinski definition) is 0. The number of hydrogen-bond acceptors (Lipinski definition) is 6. The summed E-state index contributed by atoms with van der Waals surface area (Å²) in [6.45, 7) is 5.33. The van der Waals surface area contributed by atoms with Crippen molar-refractivity contribution < 1.29 is 14.0 Å². The van der Waals surface area contributed by atoms with Crippen LogP contribution in [0.15, 0.2) is 52.2 Å². The normalized spacial score (nSPS) is 17.1. The van der Waals surface area contributed by atoms with E-state index < -0.39 is 5.25 Å². The number of nitrogens with zero attached hydrogens (tertiary/aromatic N) is 4. The summed E-state index contributed by atoms with van der Waals surface area (Å²) >= 11 is 7.32. The molecule has 1 fully saturated rings. The molecule has 3 aromatic rings. The van der Waals surface area contributed by atoms with Crippen LogP contribution in [0.25, 0.3) is 11.6 Å². The Morgan fingerprint density at radius 3 is 2.69 bits per heavy atom. The van der Waals surface area contributed by atoms with Gasteiger partial charge in [-0.3, -0.25) is 19.1 Å². The second-order valence-electron chi connectivity index (χ2n) is 8.19. The van der Waals surface area contributed by atoms with Gasteiger partial charge in [-0.25, -0.2) is 0 Å². The first kappa shape index (κ1) is 22.6. The van der Waals surface area contributed by atoms with Gasteiger partial charge in [-0.1, -0.05) is 43.6 Å². The highest BCUT2D eigenvalue weighted by Gasteiger charge is 2.34. The van der Waals surface area contributed by atoms with Gasteiger partial charge in [0.2, 0.25) is 5.91 Å². The monoisotopic (exact) mass is 472 g/mol. The molecule has 2 aromatic heterocycles. The first-order chi connectivity index (χ1) is 15.4. The Morgan fingerprint density at radius 2 is 2.00 bits per heavy atom. The Balaban J connectivity index is 1.59. The van der Waals surface area contributed by atoms with Gasteiger partial charge >= 0.3 is 0 Å². The molecule has 1 aliphatic rings. The maximum atomic E-state index is 13.4. The number of carbonyl (C=O) groups excluding carboxylic acids is 2. The maximum absolute atomic E-state index is 13.4. The first-order valence-electron chi connectivity index (χ1n) is 10.7. The van der Waals surface area contributed by atoms with E-state index in [1.807, 2.05) is 16.7 Å². The molecule has 0 N–H and O–H groups in total. The Labute approximate surface area is 196 Å². The third-order valence-corrected chi connectivity index (χ3v) is 6.72. The Bertz CT molecular complexity index is 1080. The number of amides is 2. The lowest BCUT2D eigenvalue weighted by molar-refractivity contribution is -0.127. The smallest absolute Gasteiger partial charge is 0.260 e. The van der Waals surface area contributed by atoms with Crippen LogP contribution in [0, 0.1) is 5.92 Å². The molecular formula is C23H25ClN4O3S. The van der Waals surface area contributed by atoms with Crippen molar-refractivity contribution in [2.24, 2.45) is 5.92 Å². The lowest BCUT2D eigenvalue weighted by Crippen LogP contribution is -2.41. The van der Waals surface area contributed by atoms with Gasteiger partial charge in [0.25, 0.3) is 5.91 Å². The van der Waals surface area contributed by atoms with Gasteiger partial charge in [0, 0.05) is 23.7 Å². The van der Waals surface area contributed by atoms with E-state index in [0.29, 0.717) is 52.8 Å². The fourth-order valence-corrected chi connectivity index (χ4v) is 4.96. The van der Waals surface area contributed by atoms with Gasteiger partial charge < -0.3 is 4.42 Å². The van der Waals surface area contributed by atoms with Crippen molar-refractivity contribution in [1.29, 1.82) is 0 Å². The summed E-state index contributed by atoms with van der Waals surface area (Å²) in [6.07, 6.45) is 3.92. The van der Waals surface area contributed by atoms with Crippen molar-refractivity contribution in [3.05, 3.63) is 53.2 Å². The third-order valence-electron chi connectivity index (χ3n) is 5.23. The lowest BCUT2D eigenvalue weighted by atomic mass is 10.2. The molecule has 9 heteroatoms. The molecule has 0 saturated carbocycles. The fraction of sp³-hybridized carbons (Fsp3) is 0.391. The van der Waals surface area contributed by atoms with Gasteiger partial charge in [0.05, 0.1) is 11.5 Å². The summed E-state index contributed by atoms with van der Waals surface area (Å²) in [5.74, 6) is 1.15. The minimum Gasteiger partial charge on any atom is -0.461 e. The first-order valence-corrected chi connectivity index (χ1v) is 11.9. The van der Waals surface area contributed by atoms with Crippen LogP contribution in [-0.2, 0) is 11.3 Å². The van der Waals surface area contributed by atoms with Gasteiger partial charge in [-0.2, -0.15) is 0 Å². The molecule has 0 spiro atoms. The lowest BCUT2D eigenvalue weighted by Gasteiger charge is -2.22. The number of halogens is 1. The summed E-state index contributed by atoms with van der Waals surface area (Å²) in [6, 6.07) is 10.3. The fourth-order valence-electron chi connectivity index (χ4n) is 3.69. The summed E-state index contributed by atoms with van der Waals surface area (Å²) < 4.78 is 7.53. The van der Waals surface area contributed by atoms with Crippen LogP contribution >= 0.6 is 23.4 Å². The average molecular weight is 473 g/mol. The molecule has 1 unspecified atom stereocenters. The maximum Gasteiger partial charge on any atom is 0.260 e. The predicted octanol–water partition coefficient (Wildman–Crippen LogP) is 5.16. The second kappa shape index (κ2) is 9.92. The molecule has 1 aromatic carbocycles. The number of rotatable bonds is 6. The van der Waals surface area contributed by atoms with Gasteiger partial charge in [-0.15, -0.1) is 10.2 Å². The van der Waals surface area contributed by atoms with Crippen LogP contribution in [0.3, 0.4) is 0 Å². The number of carbonyl (C=O) groups is 2. The van der Waals surface area contributed by atoms with E-state index in [1.54, 1.807) is 30.5 Å². The van der Waals surface area contributed by atoms with E-state index >= 15 is 0 Å². The van der Waals surface area contributed by atoms with Crippen molar-refractivity contribution in [2.45, 2.75) is 50.1 Å². The van der Waals surface area contributed by atoms with E-state index in [1.165, 1.54) is 16.7 Å². The van der Waals surface area contributed by atoms with Crippen molar-refractivity contribution in [2.75, 3.05) is 6.54 Å². The topological polar surface area (TPSA) is 81.2 Å². The largest absolute Gasteiger partial charge is 0.461 e. The zero-order valence-corrected chi connectivity index (χ0v) is 19.6. The van der Waals surface area contributed by atoms with Crippen LogP contribution < -0.4 is 0 Å². The molecule has 1 atom stereocenters. The average Bonchev–Trinajstić information content (AvgIpc) is 3.38. The zero-order chi connectivity index (χ0) is 22.7. The van der Waals surface area contributed by atoms with Gasteiger partial charge in [0.15, 0.2) is 16.7 Å². The predicted molar refractivity (Wildman–Crippen MR) is 124 cm³/mol. The van der Waals surface area contributed by atoms with E-state index in [2.05, 4.69) is 24.0 Å². The summed E-state index contributed by atoms with van der Waals surface area (Å²) in [5.41, 5.74) is 0.455. The van der Waals surface area contributed by atoms with Crippen LogP contribution in [0.2, 0.25) is 5.02 Å². The second-order valence-corrected chi connectivity index (χ2v) is 9.80. The Kier molecular flexibility index (Phi) is 7.01. The van der Waals surface area contributed by atoms with Crippen LogP contribution in [0.4, 0.5) is 0 Å². The SMILES string of the molecule is CC(C)Cn1c(SC2CCCCN(C(=O)c3ccc(Cl)cc3)C2=O)nnc1-c1ccco1. The molecule has 1 aliphatic heterocycles. The van der Waals surface area contributed by atoms with Crippen LogP contribution in [0.5, 0.6) is 0 Å². The molecule has 7 nitrogen and oxygen atoms in total. The number of furan rings is 1. The standard InChI is InChI=1S/C23H25ClN4O3S/c1-15(2)14-28-20(18-6-5-13-31-18)25-26-23(28)32-19-7-3-4-12-27(22(19)30)21(29)16-8-10-17(24)11-9-16/h5-6,8-11,13,15,19H,3-4,7,12,14H2,1-2H3. The minimum atomic E-state index is -0.409. The highest BCUT2D eigenvalue weighted by Crippen LogP contribution is 2.32. The van der Waals surface area contributed by atoms with Crippen molar-refractivity contribution >= 4 is 35.2 Å². The summed E-state index contributed by atoms with van der Waals surface area (Å²) in [5, 5.41) is 9.50. The molecule has 1 saturated heterocycles. The zero-order valence-electron chi connectivity index (χ0n) is 18.0. The quantitative estimate of drug-likeness (QED) is 0.461. The van der Waals surface area contributed by atoms with E-state index in [4.69, 9.17) is 16.0 Å². The molecule has 4 rings (SSSR count). The highest BCUT2D eigenvalue weighted by atomic mass is 35.5. The van der Waals surface area contributed by atoms with Crippen molar-refractivity contribution in [3.8, 4) is 11.6 Å². The number of thioether (sulfide) groups is 1. The highest BCUT2D eigenvalue weighted by molar-refractivity contribution is 8.00. The molecule has 3 heterocycles. The molecule has 0 bridgehead atoms. The van der Waals surface area contributed by atoms with Gasteiger partial charge in [0.1, 0.15) is 0 Å². The Morgan fingerprint density at radius 1 is 1.22 bits per heavy atom. The molecule has 32 heavy (non-hydrogen) atoms. The molecule has 0 radical (unpaired) electrons. The van der Waals surface area contributed by atoms with E-state index in [-0.39, 0.29) is 11.8 Å². The summed E-state index contributed by atoms with van der Waals surface area (Å²) in [7, 11) is 0. The van der Waals surface area contributed by atoms with Crippen molar-refractivity contribution in [3.63, 3.8) is 0 Å². The molecule has 168 valence electrons. The van der Waals surface area contributed by atoms with Crippen molar-refractivity contribution in [1.82, 2.24) is 19.7 Å². The molecular weight excluding hydrogens is 448 g/mol. The number of aromatic nitrogens is 3. The Hall–Kier alpha value is -2.58. The number of benzene rings is 1. The molecule has 0 aliphatic carbocycles. The minimum absolute atomic E-state index is 0.189. The van der Waals surface area contributed by atoms with E-state index in [9.17, 15) is 9.59 Å². The third kappa shape index (κ3) is 4.91. The van der Waals surface area contributed by atoms with Gasteiger partial charge in [-0.05, 0) is 55.2 Å².